The highest BCUT2D eigenvalue weighted by Gasteiger charge is 2.36. The van der Waals surface area contributed by atoms with Crippen molar-refractivity contribution in [2.75, 3.05) is 0 Å². The van der Waals surface area contributed by atoms with Gasteiger partial charge in [0.05, 0.1) is 28.1 Å². The van der Waals surface area contributed by atoms with Crippen LogP contribution in [0.25, 0.3) is 16.9 Å². The van der Waals surface area contributed by atoms with E-state index in [2.05, 4.69) is 0 Å². The van der Waals surface area contributed by atoms with Crippen molar-refractivity contribution < 1.29 is 9.72 Å². The lowest BCUT2D eigenvalue weighted by atomic mass is 9.96. The number of nitro benzene ring substituents is 1. The Morgan fingerprint density at radius 1 is 0.795 bits per heavy atom. The Morgan fingerprint density at radius 3 is 2.05 bits per heavy atom. The fourth-order valence-electron chi connectivity index (χ4n) is 4.77. The van der Waals surface area contributed by atoms with Crippen LogP contribution in [0.2, 0.25) is 0 Å². The number of rotatable bonds is 6. The van der Waals surface area contributed by atoms with Crippen molar-refractivity contribution in [1.82, 2.24) is 14.8 Å². The first kappa shape index (κ1) is 24.0. The van der Waals surface area contributed by atoms with Crippen LogP contribution in [0.3, 0.4) is 0 Å². The van der Waals surface area contributed by atoms with Gasteiger partial charge in [-0.3, -0.25) is 14.9 Å². The molecule has 0 aliphatic carbocycles. The van der Waals surface area contributed by atoms with E-state index in [4.69, 9.17) is 10.2 Å². The number of para-hydroxylation sites is 1. The number of hydrogen-bond donors (Lipinski definition) is 0. The summed E-state index contributed by atoms with van der Waals surface area (Å²) in [6, 6.07) is 34.6. The van der Waals surface area contributed by atoms with Crippen LogP contribution in [-0.4, -0.2) is 31.3 Å². The molecule has 0 spiro atoms. The molecular formula is C31H23N5O3. The Bertz CT molecular complexity index is 1660. The SMILES string of the molecule is O=C(c1ccccc1)N1N=C(c2ccc([N+](=O)[O-])cc2)C[C@H]1c1cn(-c2ccccc2)nc1-c1ccccc1. The Labute approximate surface area is 224 Å². The largest absolute Gasteiger partial charge is 0.274 e. The summed E-state index contributed by atoms with van der Waals surface area (Å²) in [4.78, 5) is 24.5. The van der Waals surface area contributed by atoms with Gasteiger partial charge in [0.1, 0.15) is 0 Å². The van der Waals surface area contributed by atoms with E-state index in [1.165, 1.54) is 17.1 Å². The molecule has 0 N–H and O–H groups in total. The van der Waals surface area contributed by atoms with Gasteiger partial charge in [0.25, 0.3) is 11.6 Å². The van der Waals surface area contributed by atoms with Crippen LogP contribution in [0.15, 0.2) is 127 Å². The maximum Gasteiger partial charge on any atom is 0.274 e. The van der Waals surface area contributed by atoms with Crippen molar-refractivity contribution in [3.8, 4) is 16.9 Å². The van der Waals surface area contributed by atoms with Crippen molar-refractivity contribution in [3.63, 3.8) is 0 Å². The van der Waals surface area contributed by atoms with Gasteiger partial charge in [-0.25, -0.2) is 9.69 Å². The van der Waals surface area contributed by atoms with Gasteiger partial charge in [-0.2, -0.15) is 10.2 Å². The molecule has 0 saturated heterocycles. The number of non-ortho nitro benzene ring substituents is 1. The first-order valence-electron chi connectivity index (χ1n) is 12.5. The number of benzene rings is 4. The van der Waals surface area contributed by atoms with Gasteiger partial charge in [-0.1, -0.05) is 66.7 Å². The summed E-state index contributed by atoms with van der Waals surface area (Å²) in [5.41, 5.74) is 5.37. The minimum Gasteiger partial charge on any atom is -0.267 e. The van der Waals surface area contributed by atoms with E-state index in [1.54, 1.807) is 24.3 Å². The zero-order valence-corrected chi connectivity index (χ0v) is 20.8. The van der Waals surface area contributed by atoms with Crippen molar-refractivity contribution in [1.29, 1.82) is 0 Å². The molecule has 8 heteroatoms. The van der Waals surface area contributed by atoms with Crippen molar-refractivity contribution >= 4 is 17.3 Å². The molecule has 0 saturated carbocycles. The molecule has 2 heterocycles. The lowest BCUT2D eigenvalue weighted by Crippen LogP contribution is -2.27. The number of amides is 1. The average Bonchev–Trinajstić information content (AvgIpc) is 3.64. The molecule has 6 rings (SSSR count). The van der Waals surface area contributed by atoms with E-state index in [0.29, 0.717) is 17.7 Å². The van der Waals surface area contributed by atoms with E-state index in [0.717, 1.165) is 28.1 Å². The third kappa shape index (κ3) is 4.71. The molecule has 0 radical (unpaired) electrons. The molecule has 5 aromatic rings. The smallest absolute Gasteiger partial charge is 0.267 e. The Hall–Kier alpha value is -5.37. The number of hydrazone groups is 1. The summed E-state index contributed by atoms with van der Waals surface area (Å²) in [6.45, 7) is 0. The number of carbonyl (C=O) groups is 1. The zero-order chi connectivity index (χ0) is 26.8. The summed E-state index contributed by atoms with van der Waals surface area (Å²) >= 11 is 0. The lowest BCUT2D eigenvalue weighted by Gasteiger charge is -2.22. The number of carbonyl (C=O) groups excluding carboxylic acids is 1. The first-order chi connectivity index (χ1) is 19.1. The van der Waals surface area contributed by atoms with Crippen molar-refractivity contribution in [2.24, 2.45) is 5.10 Å². The summed E-state index contributed by atoms with van der Waals surface area (Å²) in [5, 5.41) is 22.4. The standard InChI is InChI=1S/C31H23N5O3/c37-31(24-12-6-2-7-13-24)35-29(20-28(32-35)22-16-18-26(19-17-22)36(38)39)27-21-34(25-14-8-3-9-15-25)33-30(27)23-10-4-1-5-11-23/h1-19,21,29H,20H2/t29-/m0/s1. The third-order valence-corrected chi connectivity index (χ3v) is 6.72. The minimum absolute atomic E-state index is 0.00150. The minimum atomic E-state index is -0.435. The fraction of sp³-hybridized carbons (Fsp3) is 0.0645. The normalized spacial score (nSPS) is 14.7. The second-order valence-corrected chi connectivity index (χ2v) is 9.17. The molecular weight excluding hydrogens is 490 g/mol. The summed E-state index contributed by atoms with van der Waals surface area (Å²) in [5.74, 6) is -0.232. The monoisotopic (exact) mass is 513 g/mol. The zero-order valence-electron chi connectivity index (χ0n) is 20.8. The van der Waals surface area contributed by atoms with E-state index < -0.39 is 11.0 Å². The van der Waals surface area contributed by atoms with Crippen LogP contribution in [-0.2, 0) is 0 Å². The van der Waals surface area contributed by atoms with Gasteiger partial charge in [-0.05, 0) is 42.0 Å². The second-order valence-electron chi connectivity index (χ2n) is 9.17. The van der Waals surface area contributed by atoms with Crippen molar-refractivity contribution in [3.05, 3.63) is 148 Å². The van der Waals surface area contributed by atoms with Gasteiger partial charge >= 0.3 is 0 Å². The molecule has 39 heavy (non-hydrogen) atoms. The Morgan fingerprint density at radius 2 is 1.41 bits per heavy atom. The van der Waals surface area contributed by atoms with E-state index >= 15 is 0 Å². The maximum absolute atomic E-state index is 13.8. The van der Waals surface area contributed by atoms with Gasteiger partial charge < -0.3 is 0 Å². The molecule has 4 aromatic carbocycles. The summed E-state index contributed by atoms with van der Waals surface area (Å²) in [6.07, 6.45) is 2.39. The number of aromatic nitrogens is 2. The molecule has 1 aliphatic heterocycles. The predicted octanol–water partition coefficient (Wildman–Crippen LogP) is 6.44. The van der Waals surface area contributed by atoms with Gasteiger partial charge in [0, 0.05) is 41.4 Å². The summed E-state index contributed by atoms with van der Waals surface area (Å²) < 4.78 is 1.83. The first-order valence-corrected chi connectivity index (χ1v) is 12.5. The number of nitrogens with zero attached hydrogens (tertiary/aromatic N) is 5. The van der Waals surface area contributed by atoms with Gasteiger partial charge in [0.2, 0.25) is 0 Å². The van der Waals surface area contributed by atoms with Gasteiger partial charge in [0.15, 0.2) is 0 Å². The van der Waals surface area contributed by atoms with Gasteiger partial charge in [-0.15, -0.1) is 0 Å². The highest BCUT2D eigenvalue weighted by molar-refractivity contribution is 6.05. The summed E-state index contributed by atoms with van der Waals surface area (Å²) in [7, 11) is 0. The third-order valence-electron chi connectivity index (χ3n) is 6.72. The van der Waals surface area contributed by atoms with Crippen LogP contribution in [0.4, 0.5) is 5.69 Å². The van der Waals surface area contributed by atoms with Crippen molar-refractivity contribution in [2.45, 2.75) is 12.5 Å². The highest BCUT2D eigenvalue weighted by Crippen LogP contribution is 2.39. The molecule has 0 unspecified atom stereocenters. The molecule has 1 amide bonds. The molecule has 1 atom stereocenters. The van der Waals surface area contributed by atoms with Crippen LogP contribution in [0.5, 0.6) is 0 Å². The lowest BCUT2D eigenvalue weighted by molar-refractivity contribution is -0.384. The molecule has 190 valence electrons. The molecule has 1 aromatic heterocycles. The number of nitro groups is 1. The molecule has 8 nitrogen and oxygen atoms in total. The van der Waals surface area contributed by atoms with E-state index in [-0.39, 0.29) is 11.6 Å². The second kappa shape index (κ2) is 10.2. The average molecular weight is 514 g/mol. The molecule has 1 aliphatic rings. The Balaban J connectivity index is 1.47. The van der Waals surface area contributed by atoms with Crippen LogP contribution in [0.1, 0.15) is 33.9 Å². The molecule has 0 bridgehead atoms. The van der Waals surface area contributed by atoms with E-state index in [1.807, 2.05) is 89.7 Å². The molecule has 0 fully saturated rings. The highest BCUT2D eigenvalue weighted by atomic mass is 16.6. The van der Waals surface area contributed by atoms with Crippen LogP contribution in [0, 0.1) is 10.1 Å². The van der Waals surface area contributed by atoms with E-state index in [9.17, 15) is 14.9 Å². The quantitative estimate of drug-likeness (QED) is 0.193. The van der Waals surface area contributed by atoms with Crippen LogP contribution < -0.4 is 0 Å². The maximum atomic E-state index is 13.8. The number of hydrogen-bond acceptors (Lipinski definition) is 5. The fourth-order valence-corrected chi connectivity index (χ4v) is 4.77. The Kier molecular flexibility index (Phi) is 6.26. The predicted molar refractivity (Wildman–Crippen MR) is 149 cm³/mol. The topological polar surface area (TPSA) is 93.6 Å². The van der Waals surface area contributed by atoms with Crippen LogP contribution >= 0.6 is 0 Å².